The molecule has 3 aliphatic rings. The first-order valence-electron chi connectivity index (χ1n) is 9.58. The first kappa shape index (κ1) is 15.9. The number of amides is 1. The lowest BCUT2D eigenvalue weighted by Gasteiger charge is -2.37. The second kappa shape index (κ2) is 6.16. The molecule has 2 aliphatic heterocycles. The van der Waals surface area contributed by atoms with Gasteiger partial charge in [0, 0.05) is 24.8 Å². The molecule has 0 unspecified atom stereocenters. The minimum absolute atomic E-state index is 0.0394. The van der Waals surface area contributed by atoms with Crippen LogP contribution in [-0.4, -0.2) is 30.1 Å². The Balaban J connectivity index is 1.47. The molecule has 5 nitrogen and oxygen atoms in total. The monoisotopic (exact) mass is 352 g/mol. The van der Waals surface area contributed by atoms with Crippen LogP contribution in [0, 0.1) is 5.92 Å². The fourth-order valence-corrected chi connectivity index (χ4v) is 4.15. The molecule has 3 heterocycles. The first-order valence-corrected chi connectivity index (χ1v) is 9.58. The zero-order chi connectivity index (χ0) is 17.7. The Kier molecular flexibility index (Phi) is 3.78. The number of anilines is 1. The summed E-state index contributed by atoms with van der Waals surface area (Å²) >= 11 is 0. The van der Waals surface area contributed by atoms with Gasteiger partial charge in [0.2, 0.25) is 0 Å². The summed E-state index contributed by atoms with van der Waals surface area (Å²) in [4.78, 5) is 15.1. The first-order chi connectivity index (χ1) is 12.7. The number of fused-ring (bicyclic) bond motifs is 1. The number of nitrogens with one attached hydrogen (secondary N) is 1. The smallest absolute Gasteiger partial charge is 0.258 e. The van der Waals surface area contributed by atoms with E-state index in [1.54, 1.807) is 0 Å². The van der Waals surface area contributed by atoms with Crippen molar-refractivity contribution in [2.75, 3.05) is 18.5 Å². The summed E-state index contributed by atoms with van der Waals surface area (Å²) in [7, 11) is 0. The molecule has 2 aromatic rings. The molecule has 2 fully saturated rings. The predicted octanol–water partition coefficient (Wildman–Crippen LogP) is 4.15. The molecule has 1 saturated carbocycles. The summed E-state index contributed by atoms with van der Waals surface area (Å²) in [6.45, 7) is 3.61. The van der Waals surface area contributed by atoms with E-state index in [4.69, 9.17) is 9.15 Å². The lowest BCUT2D eigenvalue weighted by atomic mass is 10.1. The number of ether oxygens (including phenoxy) is 1. The highest BCUT2D eigenvalue weighted by molar-refractivity contribution is 6.01. The minimum atomic E-state index is -0.288. The van der Waals surface area contributed by atoms with Gasteiger partial charge in [-0.2, -0.15) is 0 Å². The molecule has 0 radical (unpaired) electrons. The molecule has 26 heavy (non-hydrogen) atoms. The molecule has 1 amide bonds. The molecule has 4 atom stereocenters. The topological polar surface area (TPSA) is 54.7 Å². The van der Waals surface area contributed by atoms with Crippen molar-refractivity contribution in [1.29, 1.82) is 0 Å². The Morgan fingerprint density at radius 1 is 1.19 bits per heavy atom. The Labute approximate surface area is 153 Å². The average molecular weight is 352 g/mol. The highest BCUT2D eigenvalue weighted by Crippen LogP contribution is 2.48. The highest BCUT2D eigenvalue weighted by Gasteiger charge is 2.40. The number of carbonyl (C=O) groups excluding carboxylic acids is 1. The Hall–Kier alpha value is -2.27. The zero-order valence-corrected chi connectivity index (χ0v) is 15.0. The molecule has 5 heteroatoms. The van der Waals surface area contributed by atoms with Gasteiger partial charge in [-0.3, -0.25) is 4.79 Å². The van der Waals surface area contributed by atoms with Crippen LogP contribution in [0.15, 0.2) is 40.8 Å². The second-order valence-electron chi connectivity index (χ2n) is 7.74. The number of hydrogen-bond acceptors (Lipinski definition) is 4. The lowest BCUT2D eigenvalue weighted by molar-refractivity contribution is 0.0401. The van der Waals surface area contributed by atoms with Crippen molar-refractivity contribution in [3.8, 4) is 0 Å². The van der Waals surface area contributed by atoms with Gasteiger partial charge in [-0.25, -0.2) is 0 Å². The number of benzene rings is 1. The van der Waals surface area contributed by atoms with Crippen molar-refractivity contribution in [2.45, 2.75) is 44.4 Å². The summed E-state index contributed by atoms with van der Waals surface area (Å²) in [6.07, 6.45) is 3.06. The summed E-state index contributed by atoms with van der Waals surface area (Å²) in [5, 5.41) is 3.51. The number of hydrogen-bond donors (Lipinski definition) is 1. The normalized spacial score (nSPS) is 30.2. The predicted molar refractivity (Wildman–Crippen MR) is 98.0 cm³/mol. The van der Waals surface area contributed by atoms with E-state index in [9.17, 15) is 4.79 Å². The van der Waals surface area contributed by atoms with Crippen LogP contribution in [0.1, 0.15) is 60.1 Å². The summed E-state index contributed by atoms with van der Waals surface area (Å²) in [5.41, 5.74) is 1.58. The quantitative estimate of drug-likeness (QED) is 0.898. The second-order valence-corrected chi connectivity index (χ2v) is 7.74. The van der Waals surface area contributed by atoms with E-state index < -0.39 is 0 Å². The van der Waals surface area contributed by atoms with Crippen molar-refractivity contribution in [1.82, 2.24) is 4.90 Å². The summed E-state index contributed by atoms with van der Waals surface area (Å²) in [6, 6.07) is 11.8. The third-order valence-electron chi connectivity index (χ3n) is 5.84. The number of carbonyl (C=O) groups is 1. The maximum atomic E-state index is 13.2. The van der Waals surface area contributed by atoms with Gasteiger partial charge in [-0.05, 0) is 49.4 Å². The van der Waals surface area contributed by atoms with E-state index in [-0.39, 0.29) is 18.2 Å². The molecular weight excluding hydrogens is 328 g/mol. The van der Waals surface area contributed by atoms with Crippen LogP contribution >= 0.6 is 0 Å². The van der Waals surface area contributed by atoms with Crippen LogP contribution in [0.5, 0.6) is 0 Å². The Bertz CT molecular complexity index is 824. The van der Waals surface area contributed by atoms with E-state index in [1.165, 1.54) is 6.42 Å². The van der Waals surface area contributed by atoms with Crippen molar-refractivity contribution in [3.63, 3.8) is 0 Å². The molecule has 1 saturated heterocycles. The average Bonchev–Trinajstić information content (AvgIpc) is 3.08. The highest BCUT2D eigenvalue weighted by atomic mass is 16.5. The molecule has 0 bridgehead atoms. The SMILES string of the molecule is C[C@@H]1C[C@@H]1c1ccc([C@@H]2Nc3ccccc3C(=O)N2C[C@@H]2CCCO2)o1. The number of rotatable bonds is 4. The fraction of sp³-hybridized carbons (Fsp3) is 0.476. The Morgan fingerprint density at radius 2 is 2.00 bits per heavy atom. The largest absolute Gasteiger partial charge is 0.462 e. The van der Waals surface area contributed by atoms with Gasteiger partial charge in [0.25, 0.3) is 5.91 Å². The van der Waals surface area contributed by atoms with E-state index in [2.05, 4.69) is 18.3 Å². The van der Waals surface area contributed by atoms with Crippen LogP contribution < -0.4 is 5.32 Å². The third kappa shape index (κ3) is 2.71. The lowest BCUT2D eigenvalue weighted by Crippen LogP contribution is -2.46. The molecular formula is C21H24N2O3. The molecule has 136 valence electrons. The molecule has 1 aromatic heterocycles. The fourth-order valence-electron chi connectivity index (χ4n) is 4.15. The number of para-hydroxylation sites is 1. The van der Waals surface area contributed by atoms with Gasteiger partial charge in [-0.1, -0.05) is 19.1 Å². The van der Waals surface area contributed by atoms with Gasteiger partial charge in [-0.15, -0.1) is 0 Å². The number of furan rings is 1. The van der Waals surface area contributed by atoms with Gasteiger partial charge >= 0.3 is 0 Å². The van der Waals surface area contributed by atoms with E-state index in [0.717, 1.165) is 36.7 Å². The van der Waals surface area contributed by atoms with Gasteiger partial charge in [0.05, 0.1) is 11.7 Å². The van der Waals surface area contributed by atoms with Crippen LogP contribution in [-0.2, 0) is 4.74 Å². The zero-order valence-electron chi connectivity index (χ0n) is 15.0. The van der Waals surface area contributed by atoms with Crippen LogP contribution in [0.3, 0.4) is 0 Å². The molecule has 5 rings (SSSR count). The van der Waals surface area contributed by atoms with Gasteiger partial charge in [0.1, 0.15) is 11.5 Å². The van der Waals surface area contributed by atoms with Crippen LogP contribution in [0.2, 0.25) is 0 Å². The Morgan fingerprint density at radius 3 is 2.77 bits per heavy atom. The minimum Gasteiger partial charge on any atom is -0.462 e. The maximum absolute atomic E-state index is 13.2. The van der Waals surface area contributed by atoms with E-state index >= 15 is 0 Å². The van der Waals surface area contributed by atoms with E-state index in [0.29, 0.717) is 23.9 Å². The third-order valence-corrected chi connectivity index (χ3v) is 5.84. The van der Waals surface area contributed by atoms with Gasteiger partial charge in [0.15, 0.2) is 6.17 Å². The summed E-state index contributed by atoms with van der Waals surface area (Å²) < 4.78 is 12.0. The van der Waals surface area contributed by atoms with Crippen molar-refractivity contribution in [3.05, 3.63) is 53.5 Å². The van der Waals surface area contributed by atoms with E-state index in [1.807, 2.05) is 35.2 Å². The van der Waals surface area contributed by atoms with Crippen molar-refractivity contribution >= 4 is 11.6 Å². The maximum Gasteiger partial charge on any atom is 0.258 e. The molecule has 1 aromatic carbocycles. The van der Waals surface area contributed by atoms with Crippen LogP contribution in [0.4, 0.5) is 5.69 Å². The van der Waals surface area contributed by atoms with Crippen molar-refractivity contribution < 1.29 is 13.9 Å². The van der Waals surface area contributed by atoms with Crippen LogP contribution in [0.25, 0.3) is 0 Å². The molecule has 1 aliphatic carbocycles. The molecule has 0 spiro atoms. The van der Waals surface area contributed by atoms with Crippen molar-refractivity contribution in [2.24, 2.45) is 5.92 Å². The molecule has 1 N–H and O–H groups in total. The summed E-state index contributed by atoms with van der Waals surface area (Å²) in [5.74, 6) is 3.11. The number of nitrogens with zero attached hydrogens (tertiary/aromatic N) is 1. The standard InChI is InChI=1S/C21H24N2O3/c1-13-11-16(13)18-8-9-19(26-18)20-22-17-7-3-2-6-15(17)21(24)23(20)12-14-5-4-10-25-14/h2-3,6-9,13-14,16,20,22H,4-5,10-12H2,1H3/t13-,14+,16+,20-/m1/s1. The van der Waals surface area contributed by atoms with Gasteiger partial charge < -0.3 is 19.4 Å².